The third-order valence-electron chi connectivity index (χ3n) is 2.67. The lowest BCUT2D eigenvalue weighted by Gasteiger charge is -2.09. The Kier molecular flexibility index (Phi) is 3.10. The highest BCUT2D eigenvalue weighted by atomic mass is 79.9. The molecule has 0 aromatic heterocycles. The Morgan fingerprint density at radius 1 is 1.47 bits per heavy atom. The number of unbranched alkanes of at least 4 members (excludes halogenated alkanes) is 1. The van der Waals surface area contributed by atoms with Gasteiger partial charge >= 0.3 is 5.97 Å². The third-order valence-corrected chi connectivity index (χ3v) is 3.33. The van der Waals surface area contributed by atoms with E-state index in [0.29, 0.717) is 5.56 Å². The fourth-order valence-corrected chi connectivity index (χ4v) is 2.42. The SMILES string of the molecule is CCCCC1OC(=O)c2c(Br)cccc21. The van der Waals surface area contributed by atoms with E-state index < -0.39 is 0 Å². The monoisotopic (exact) mass is 268 g/mol. The zero-order chi connectivity index (χ0) is 10.8. The number of cyclic esters (lactones) is 1. The molecule has 1 aromatic rings. The molecule has 0 radical (unpaired) electrons. The zero-order valence-electron chi connectivity index (χ0n) is 8.63. The maximum atomic E-state index is 11.6. The summed E-state index contributed by atoms with van der Waals surface area (Å²) in [4.78, 5) is 11.6. The number of hydrogen-bond acceptors (Lipinski definition) is 2. The van der Waals surface area contributed by atoms with E-state index in [1.807, 2.05) is 18.2 Å². The number of esters is 1. The first-order valence-electron chi connectivity index (χ1n) is 5.23. The lowest BCUT2D eigenvalue weighted by atomic mass is 10.0. The Bertz CT molecular complexity index is 387. The summed E-state index contributed by atoms with van der Waals surface area (Å²) in [6.45, 7) is 2.14. The van der Waals surface area contributed by atoms with E-state index in [9.17, 15) is 4.79 Å². The molecule has 0 saturated heterocycles. The van der Waals surface area contributed by atoms with Crippen LogP contribution in [0.3, 0.4) is 0 Å². The second-order valence-corrected chi connectivity index (χ2v) is 4.59. The van der Waals surface area contributed by atoms with Gasteiger partial charge in [0.1, 0.15) is 6.10 Å². The molecule has 0 saturated carbocycles. The summed E-state index contributed by atoms with van der Waals surface area (Å²) in [7, 11) is 0. The maximum Gasteiger partial charge on any atom is 0.340 e. The van der Waals surface area contributed by atoms with Crippen LogP contribution in [0.2, 0.25) is 0 Å². The Labute approximate surface area is 97.8 Å². The molecule has 3 heteroatoms. The van der Waals surface area contributed by atoms with Gasteiger partial charge in [0, 0.05) is 10.0 Å². The van der Waals surface area contributed by atoms with Gasteiger partial charge in [0.2, 0.25) is 0 Å². The minimum Gasteiger partial charge on any atom is -0.454 e. The minimum absolute atomic E-state index is 0.0371. The molecule has 0 fully saturated rings. The topological polar surface area (TPSA) is 26.3 Å². The van der Waals surface area contributed by atoms with Gasteiger partial charge in [-0.2, -0.15) is 0 Å². The quantitative estimate of drug-likeness (QED) is 0.779. The fraction of sp³-hybridized carbons (Fsp3) is 0.417. The standard InChI is InChI=1S/C12H13BrO2/c1-2-3-7-10-8-5-4-6-9(13)11(8)12(14)15-10/h4-6,10H,2-3,7H2,1H3. The Hall–Kier alpha value is -0.830. The van der Waals surface area contributed by atoms with Gasteiger partial charge in [-0.3, -0.25) is 0 Å². The van der Waals surface area contributed by atoms with Crippen LogP contribution in [0.1, 0.15) is 48.2 Å². The summed E-state index contributed by atoms with van der Waals surface area (Å²) >= 11 is 3.38. The van der Waals surface area contributed by atoms with Crippen LogP contribution in [-0.2, 0) is 4.74 Å². The molecular formula is C12H13BrO2. The van der Waals surface area contributed by atoms with Gasteiger partial charge in [-0.05, 0) is 34.8 Å². The van der Waals surface area contributed by atoms with Gasteiger partial charge in [0.15, 0.2) is 0 Å². The maximum absolute atomic E-state index is 11.6. The van der Waals surface area contributed by atoms with Crippen molar-refractivity contribution in [2.75, 3.05) is 0 Å². The summed E-state index contributed by atoms with van der Waals surface area (Å²) in [6, 6.07) is 5.80. The van der Waals surface area contributed by atoms with Crippen molar-refractivity contribution in [1.29, 1.82) is 0 Å². The van der Waals surface area contributed by atoms with E-state index in [1.54, 1.807) is 0 Å². The predicted molar refractivity (Wildman–Crippen MR) is 61.8 cm³/mol. The number of carbonyl (C=O) groups excluding carboxylic acids is 1. The van der Waals surface area contributed by atoms with Crippen molar-refractivity contribution in [2.24, 2.45) is 0 Å². The molecule has 1 aliphatic heterocycles. The van der Waals surface area contributed by atoms with E-state index in [0.717, 1.165) is 29.3 Å². The van der Waals surface area contributed by atoms with Crippen LogP contribution in [0.25, 0.3) is 0 Å². The number of halogens is 1. The molecular weight excluding hydrogens is 256 g/mol. The average molecular weight is 269 g/mol. The smallest absolute Gasteiger partial charge is 0.340 e. The number of benzene rings is 1. The number of fused-ring (bicyclic) bond motifs is 1. The highest BCUT2D eigenvalue weighted by molar-refractivity contribution is 9.10. The van der Waals surface area contributed by atoms with Crippen molar-refractivity contribution in [3.63, 3.8) is 0 Å². The van der Waals surface area contributed by atoms with E-state index in [-0.39, 0.29) is 12.1 Å². The molecule has 0 spiro atoms. The lowest BCUT2D eigenvalue weighted by Crippen LogP contribution is -1.98. The summed E-state index contributed by atoms with van der Waals surface area (Å²) in [5.74, 6) is -0.196. The third kappa shape index (κ3) is 1.93. The van der Waals surface area contributed by atoms with E-state index >= 15 is 0 Å². The molecule has 2 rings (SSSR count). The first-order valence-corrected chi connectivity index (χ1v) is 6.02. The molecule has 0 aliphatic carbocycles. The van der Waals surface area contributed by atoms with Crippen LogP contribution < -0.4 is 0 Å². The van der Waals surface area contributed by atoms with Crippen molar-refractivity contribution in [1.82, 2.24) is 0 Å². The van der Waals surface area contributed by atoms with Gasteiger partial charge in [0.25, 0.3) is 0 Å². The average Bonchev–Trinajstić information content (AvgIpc) is 2.54. The van der Waals surface area contributed by atoms with Gasteiger partial charge in [-0.25, -0.2) is 4.79 Å². The molecule has 1 aliphatic rings. The van der Waals surface area contributed by atoms with Gasteiger partial charge in [-0.15, -0.1) is 0 Å². The van der Waals surface area contributed by atoms with Crippen molar-refractivity contribution in [3.8, 4) is 0 Å². The van der Waals surface area contributed by atoms with E-state index in [2.05, 4.69) is 22.9 Å². The fourth-order valence-electron chi connectivity index (χ4n) is 1.88. The minimum atomic E-state index is -0.196. The van der Waals surface area contributed by atoms with Crippen LogP contribution in [-0.4, -0.2) is 5.97 Å². The van der Waals surface area contributed by atoms with Crippen molar-refractivity contribution in [2.45, 2.75) is 32.3 Å². The number of hydrogen-bond donors (Lipinski definition) is 0. The van der Waals surface area contributed by atoms with Crippen molar-refractivity contribution in [3.05, 3.63) is 33.8 Å². The van der Waals surface area contributed by atoms with Crippen LogP contribution in [0, 0.1) is 0 Å². The summed E-state index contributed by atoms with van der Waals surface area (Å²) in [5, 5.41) is 0. The second-order valence-electron chi connectivity index (χ2n) is 3.74. The molecule has 80 valence electrons. The highest BCUT2D eigenvalue weighted by Crippen LogP contribution is 2.37. The molecule has 1 atom stereocenters. The molecule has 1 heterocycles. The zero-order valence-corrected chi connectivity index (χ0v) is 10.2. The number of ether oxygens (including phenoxy) is 1. The molecule has 1 aromatic carbocycles. The molecule has 2 nitrogen and oxygen atoms in total. The van der Waals surface area contributed by atoms with Gasteiger partial charge in [0.05, 0.1) is 5.56 Å². The first-order chi connectivity index (χ1) is 7.24. The molecule has 0 N–H and O–H groups in total. The van der Waals surface area contributed by atoms with Crippen LogP contribution in [0.5, 0.6) is 0 Å². The first kappa shape index (κ1) is 10.7. The van der Waals surface area contributed by atoms with Crippen molar-refractivity contribution < 1.29 is 9.53 Å². The normalized spacial score (nSPS) is 18.8. The van der Waals surface area contributed by atoms with Crippen LogP contribution in [0.4, 0.5) is 0 Å². The van der Waals surface area contributed by atoms with Gasteiger partial charge < -0.3 is 4.74 Å². The van der Waals surface area contributed by atoms with E-state index in [1.165, 1.54) is 0 Å². The number of carbonyl (C=O) groups is 1. The molecule has 15 heavy (non-hydrogen) atoms. The largest absolute Gasteiger partial charge is 0.454 e. The van der Waals surface area contributed by atoms with Crippen LogP contribution >= 0.6 is 15.9 Å². The van der Waals surface area contributed by atoms with E-state index in [4.69, 9.17) is 4.74 Å². The molecule has 0 amide bonds. The van der Waals surface area contributed by atoms with Crippen molar-refractivity contribution >= 4 is 21.9 Å². The second kappa shape index (κ2) is 4.35. The van der Waals surface area contributed by atoms with Crippen LogP contribution in [0.15, 0.2) is 22.7 Å². The summed E-state index contributed by atoms with van der Waals surface area (Å²) in [5.41, 5.74) is 1.74. The summed E-state index contributed by atoms with van der Waals surface area (Å²) < 4.78 is 6.18. The Morgan fingerprint density at radius 3 is 3.00 bits per heavy atom. The molecule has 0 bridgehead atoms. The lowest BCUT2D eigenvalue weighted by molar-refractivity contribution is 0.0364. The number of rotatable bonds is 3. The van der Waals surface area contributed by atoms with Gasteiger partial charge in [-0.1, -0.05) is 25.5 Å². The summed E-state index contributed by atoms with van der Waals surface area (Å²) in [6.07, 6.45) is 3.09. The molecule has 1 unspecified atom stereocenters. The Balaban J connectivity index is 2.30. The predicted octanol–water partition coefficient (Wildman–Crippen LogP) is 3.85. The highest BCUT2D eigenvalue weighted by Gasteiger charge is 2.31. The Morgan fingerprint density at radius 2 is 2.27 bits per heavy atom.